The van der Waals surface area contributed by atoms with Crippen LogP contribution in [0.15, 0.2) is 55.0 Å². The largest absolute Gasteiger partial charge is 0.496 e. The predicted molar refractivity (Wildman–Crippen MR) is 120 cm³/mol. The number of benzene rings is 1. The number of nitrogens with zero attached hydrogens (tertiary/aromatic N) is 4. The lowest BCUT2D eigenvalue weighted by atomic mass is 9.77. The minimum absolute atomic E-state index is 0.00921. The van der Waals surface area contributed by atoms with Gasteiger partial charge in [0.15, 0.2) is 5.82 Å². The summed E-state index contributed by atoms with van der Waals surface area (Å²) in [5.41, 5.74) is 2.26. The Morgan fingerprint density at radius 2 is 1.91 bits per heavy atom. The molecule has 2 aliphatic heterocycles. The maximum atomic E-state index is 13.9. The minimum Gasteiger partial charge on any atom is -0.496 e. The van der Waals surface area contributed by atoms with Gasteiger partial charge in [0.25, 0.3) is 5.91 Å². The highest BCUT2D eigenvalue weighted by Crippen LogP contribution is 2.40. The van der Waals surface area contributed by atoms with Crippen molar-refractivity contribution in [3.8, 4) is 23.0 Å². The smallest absolute Gasteiger partial charge is 0.258 e. The average Bonchev–Trinajstić information content (AvgIpc) is 2.85. The molecule has 1 aliphatic carbocycles. The van der Waals surface area contributed by atoms with Crippen LogP contribution in [0.1, 0.15) is 35.2 Å². The maximum absolute atomic E-state index is 13.9. The lowest BCUT2D eigenvalue weighted by molar-refractivity contribution is -0.0314. The first-order valence-corrected chi connectivity index (χ1v) is 11.0. The SMILES string of the molecule is COc1cccc(-c2ncccn2)c1C(=O)N1C[C@@H]2CC[C@H]1[C@H](Oc1ccc(C)cn1)C2. The number of aryl methyl sites for hydroxylation is 1. The summed E-state index contributed by atoms with van der Waals surface area (Å²) in [5.74, 6) is 1.99. The molecular formula is C25H26N4O3. The molecule has 4 heterocycles. The van der Waals surface area contributed by atoms with Gasteiger partial charge in [0.05, 0.1) is 18.7 Å². The van der Waals surface area contributed by atoms with Gasteiger partial charge in [-0.15, -0.1) is 0 Å². The van der Waals surface area contributed by atoms with Gasteiger partial charge >= 0.3 is 0 Å². The third kappa shape index (κ3) is 3.79. The summed E-state index contributed by atoms with van der Waals surface area (Å²) in [6, 6.07) is 11.2. The fourth-order valence-corrected chi connectivity index (χ4v) is 4.86. The molecule has 2 aromatic heterocycles. The van der Waals surface area contributed by atoms with E-state index in [4.69, 9.17) is 9.47 Å². The monoisotopic (exact) mass is 430 g/mol. The number of pyridine rings is 1. The van der Waals surface area contributed by atoms with E-state index < -0.39 is 0 Å². The second-order valence-electron chi connectivity index (χ2n) is 8.49. The zero-order chi connectivity index (χ0) is 22.1. The molecule has 0 radical (unpaired) electrons. The molecule has 0 unspecified atom stereocenters. The van der Waals surface area contributed by atoms with E-state index in [1.54, 1.807) is 31.8 Å². The summed E-state index contributed by atoms with van der Waals surface area (Å²) in [6.45, 7) is 2.72. The molecule has 164 valence electrons. The van der Waals surface area contributed by atoms with Gasteiger partial charge in [-0.1, -0.05) is 18.2 Å². The molecule has 2 saturated heterocycles. The van der Waals surface area contributed by atoms with Crippen LogP contribution in [0.5, 0.6) is 11.6 Å². The van der Waals surface area contributed by atoms with Gasteiger partial charge < -0.3 is 14.4 Å². The van der Waals surface area contributed by atoms with Gasteiger partial charge in [0.2, 0.25) is 5.88 Å². The molecule has 2 bridgehead atoms. The van der Waals surface area contributed by atoms with Crippen LogP contribution in [-0.2, 0) is 0 Å². The van der Waals surface area contributed by atoms with Crippen LogP contribution in [0, 0.1) is 12.8 Å². The zero-order valence-electron chi connectivity index (χ0n) is 18.3. The highest BCUT2D eigenvalue weighted by molar-refractivity contribution is 6.03. The topological polar surface area (TPSA) is 77.4 Å². The Kier molecular flexibility index (Phi) is 5.47. The Labute approximate surface area is 187 Å². The Bertz CT molecular complexity index is 1100. The van der Waals surface area contributed by atoms with Gasteiger partial charge in [-0.3, -0.25) is 4.79 Å². The summed E-state index contributed by atoms with van der Waals surface area (Å²) < 4.78 is 11.9. The summed E-state index contributed by atoms with van der Waals surface area (Å²) >= 11 is 0. The highest BCUT2D eigenvalue weighted by Gasteiger charge is 2.45. The van der Waals surface area contributed by atoms with Gasteiger partial charge in [0, 0.05) is 36.8 Å². The Balaban J connectivity index is 1.47. The second kappa shape index (κ2) is 8.57. The van der Waals surface area contributed by atoms with E-state index in [1.165, 1.54) is 0 Å². The molecule has 1 saturated carbocycles. The molecule has 7 heteroatoms. The van der Waals surface area contributed by atoms with Crippen LogP contribution in [0.2, 0.25) is 0 Å². The van der Waals surface area contributed by atoms with Crippen molar-refractivity contribution in [1.82, 2.24) is 19.9 Å². The molecule has 3 fully saturated rings. The number of carbonyl (C=O) groups is 1. The molecule has 0 N–H and O–H groups in total. The van der Waals surface area contributed by atoms with Gasteiger partial charge in [-0.2, -0.15) is 0 Å². The van der Waals surface area contributed by atoms with Crippen LogP contribution in [0.3, 0.4) is 0 Å². The number of methoxy groups -OCH3 is 1. The number of piperidine rings is 2. The first-order valence-electron chi connectivity index (χ1n) is 11.0. The second-order valence-corrected chi connectivity index (χ2v) is 8.49. The highest BCUT2D eigenvalue weighted by atomic mass is 16.5. The molecule has 0 spiro atoms. The van der Waals surface area contributed by atoms with E-state index in [-0.39, 0.29) is 18.1 Å². The van der Waals surface area contributed by atoms with Crippen molar-refractivity contribution in [3.63, 3.8) is 0 Å². The van der Waals surface area contributed by atoms with E-state index in [9.17, 15) is 4.79 Å². The van der Waals surface area contributed by atoms with Gasteiger partial charge in [-0.05, 0) is 49.8 Å². The summed E-state index contributed by atoms with van der Waals surface area (Å²) in [6.07, 6.45) is 8.04. The van der Waals surface area contributed by atoms with Crippen molar-refractivity contribution >= 4 is 5.91 Å². The molecule has 1 amide bonds. The van der Waals surface area contributed by atoms with Gasteiger partial charge in [-0.25, -0.2) is 15.0 Å². The first kappa shape index (κ1) is 20.4. The summed E-state index contributed by atoms with van der Waals surface area (Å²) in [7, 11) is 1.58. The quantitative estimate of drug-likeness (QED) is 0.610. The molecule has 1 aromatic carbocycles. The number of ether oxygens (including phenoxy) is 2. The number of aromatic nitrogens is 3. The van der Waals surface area contributed by atoms with Crippen LogP contribution in [0.4, 0.5) is 0 Å². The molecule has 32 heavy (non-hydrogen) atoms. The van der Waals surface area contributed by atoms with Crippen molar-refractivity contribution in [2.45, 2.75) is 38.3 Å². The number of carbonyl (C=O) groups excluding carboxylic acids is 1. The van der Waals surface area contributed by atoms with E-state index in [2.05, 4.69) is 15.0 Å². The number of hydrogen-bond acceptors (Lipinski definition) is 6. The van der Waals surface area contributed by atoms with E-state index >= 15 is 0 Å². The van der Waals surface area contributed by atoms with Crippen LogP contribution >= 0.6 is 0 Å². The average molecular weight is 431 g/mol. The third-order valence-corrected chi connectivity index (χ3v) is 6.40. The first-order chi connectivity index (χ1) is 15.6. The maximum Gasteiger partial charge on any atom is 0.258 e. The number of fused-ring (bicyclic) bond motifs is 3. The lowest BCUT2D eigenvalue weighted by Gasteiger charge is -2.49. The third-order valence-electron chi connectivity index (χ3n) is 6.40. The molecule has 3 aromatic rings. The Hall–Kier alpha value is -3.48. The molecule has 3 atom stereocenters. The fourth-order valence-electron chi connectivity index (χ4n) is 4.86. The van der Waals surface area contributed by atoms with Gasteiger partial charge in [0.1, 0.15) is 11.9 Å². The van der Waals surface area contributed by atoms with Crippen molar-refractivity contribution in [2.75, 3.05) is 13.7 Å². The Morgan fingerprint density at radius 3 is 2.62 bits per heavy atom. The molecule has 6 rings (SSSR count). The van der Waals surface area contributed by atoms with Crippen molar-refractivity contribution in [3.05, 3.63) is 66.1 Å². The molecule has 3 aliphatic rings. The molecular weight excluding hydrogens is 404 g/mol. The van der Waals surface area contributed by atoms with E-state index in [0.717, 1.165) is 31.4 Å². The summed E-state index contributed by atoms with van der Waals surface area (Å²) in [5, 5.41) is 0. The lowest BCUT2D eigenvalue weighted by Crippen LogP contribution is -2.59. The van der Waals surface area contributed by atoms with E-state index in [1.807, 2.05) is 42.2 Å². The standard InChI is InChI=1S/C25H26N4O3/c1-16-7-10-22(28-14-16)32-21-13-17-8-9-19(21)29(15-17)25(30)23-18(5-3-6-20(23)31-2)24-26-11-4-12-27-24/h3-7,10-12,14,17,19,21H,8-9,13,15H2,1-2H3/t17-,19+,21-/m1/s1. The summed E-state index contributed by atoms with van der Waals surface area (Å²) in [4.78, 5) is 29.0. The van der Waals surface area contributed by atoms with Crippen LogP contribution in [-0.4, -0.2) is 51.6 Å². The normalized spacial score (nSPS) is 21.9. The number of amides is 1. The molecule has 7 nitrogen and oxygen atoms in total. The van der Waals surface area contributed by atoms with Crippen LogP contribution < -0.4 is 9.47 Å². The minimum atomic E-state index is -0.0761. The Morgan fingerprint density at radius 1 is 1.06 bits per heavy atom. The number of hydrogen-bond donors (Lipinski definition) is 0. The number of rotatable bonds is 5. The van der Waals surface area contributed by atoms with Crippen LogP contribution in [0.25, 0.3) is 11.4 Å². The van der Waals surface area contributed by atoms with Crippen molar-refractivity contribution in [2.24, 2.45) is 5.92 Å². The fraction of sp³-hybridized carbons (Fsp3) is 0.360. The van der Waals surface area contributed by atoms with Crippen molar-refractivity contribution < 1.29 is 14.3 Å². The zero-order valence-corrected chi connectivity index (χ0v) is 18.3. The van der Waals surface area contributed by atoms with E-state index in [0.29, 0.717) is 34.5 Å². The van der Waals surface area contributed by atoms with Crippen molar-refractivity contribution in [1.29, 1.82) is 0 Å². The predicted octanol–water partition coefficient (Wildman–Crippen LogP) is 3.93.